The van der Waals surface area contributed by atoms with Gasteiger partial charge in [-0.1, -0.05) is 13.8 Å². The number of carboxylic acids is 1. The Morgan fingerprint density at radius 3 is 2.33 bits per heavy atom. The van der Waals surface area contributed by atoms with Crippen molar-refractivity contribution in [2.45, 2.75) is 45.6 Å². The number of carboxylic acid groups (broad SMARTS) is 1. The molecule has 2 aliphatic rings. The second kappa shape index (κ2) is 5.83. The van der Waals surface area contributed by atoms with Crippen LogP contribution < -0.4 is 5.32 Å². The molecule has 0 aromatic rings. The first kappa shape index (κ1) is 16.1. The highest BCUT2D eigenvalue weighted by molar-refractivity contribution is 5.80. The summed E-state index contributed by atoms with van der Waals surface area (Å²) < 4.78 is 5.33. The van der Waals surface area contributed by atoms with Gasteiger partial charge in [-0.3, -0.25) is 4.79 Å². The number of urea groups is 1. The van der Waals surface area contributed by atoms with Crippen LogP contribution in [0.4, 0.5) is 4.79 Å². The SMILES string of the molecule is CC(C)C1(C(=O)O)CCN(C(=O)NC2(C)CCOCC2)C1. The van der Waals surface area contributed by atoms with Gasteiger partial charge in [-0.15, -0.1) is 0 Å². The number of hydrogen-bond acceptors (Lipinski definition) is 3. The summed E-state index contributed by atoms with van der Waals surface area (Å²) in [7, 11) is 0. The minimum atomic E-state index is -0.812. The lowest BCUT2D eigenvalue weighted by Crippen LogP contribution is -2.54. The number of nitrogens with zero attached hydrogens (tertiary/aromatic N) is 1. The summed E-state index contributed by atoms with van der Waals surface area (Å²) in [5.74, 6) is -0.795. The Morgan fingerprint density at radius 1 is 1.24 bits per heavy atom. The fourth-order valence-corrected chi connectivity index (χ4v) is 3.18. The topological polar surface area (TPSA) is 78.9 Å². The number of carbonyl (C=O) groups is 2. The number of carbonyl (C=O) groups excluding carboxylic acids is 1. The summed E-state index contributed by atoms with van der Waals surface area (Å²) in [5, 5.41) is 12.6. The molecule has 0 bridgehead atoms. The van der Waals surface area contributed by atoms with Crippen LogP contribution in [0.2, 0.25) is 0 Å². The third kappa shape index (κ3) is 3.15. The Labute approximate surface area is 125 Å². The smallest absolute Gasteiger partial charge is 0.317 e. The first-order valence-electron chi connectivity index (χ1n) is 7.67. The van der Waals surface area contributed by atoms with E-state index in [0.29, 0.717) is 32.7 Å². The van der Waals surface area contributed by atoms with Crippen LogP contribution in [0, 0.1) is 11.3 Å². The van der Waals surface area contributed by atoms with Gasteiger partial charge in [-0.25, -0.2) is 4.79 Å². The first-order chi connectivity index (χ1) is 9.79. The molecule has 6 heteroatoms. The van der Waals surface area contributed by atoms with Gasteiger partial charge >= 0.3 is 12.0 Å². The van der Waals surface area contributed by atoms with Crippen LogP contribution in [0.3, 0.4) is 0 Å². The van der Waals surface area contributed by atoms with Crippen molar-refractivity contribution < 1.29 is 19.4 Å². The normalized spacial score (nSPS) is 28.7. The molecule has 2 rings (SSSR count). The second-order valence-corrected chi connectivity index (χ2v) is 6.89. The number of rotatable bonds is 3. The standard InChI is InChI=1S/C15H26N2O4/c1-11(2)15(12(18)19)4-7-17(10-15)13(20)16-14(3)5-8-21-9-6-14/h11H,4-10H2,1-3H3,(H,16,20)(H,18,19). The Morgan fingerprint density at radius 2 is 1.86 bits per heavy atom. The third-order valence-corrected chi connectivity index (χ3v) is 5.12. The number of ether oxygens (including phenoxy) is 1. The Hall–Kier alpha value is -1.30. The predicted molar refractivity (Wildman–Crippen MR) is 78.1 cm³/mol. The van der Waals surface area contributed by atoms with Gasteiger partial charge in [0.15, 0.2) is 0 Å². The van der Waals surface area contributed by atoms with Crippen LogP contribution >= 0.6 is 0 Å². The lowest BCUT2D eigenvalue weighted by Gasteiger charge is -2.36. The van der Waals surface area contributed by atoms with E-state index in [-0.39, 0.29) is 17.5 Å². The molecule has 2 N–H and O–H groups in total. The number of likely N-dealkylation sites (tertiary alicyclic amines) is 1. The Balaban J connectivity index is 2.00. The molecule has 120 valence electrons. The summed E-state index contributed by atoms with van der Waals surface area (Å²) in [4.78, 5) is 25.7. The fourth-order valence-electron chi connectivity index (χ4n) is 3.18. The monoisotopic (exact) mass is 298 g/mol. The maximum atomic E-state index is 12.4. The van der Waals surface area contributed by atoms with Crippen LogP contribution in [-0.4, -0.2) is 53.8 Å². The molecule has 2 fully saturated rings. The molecule has 0 aromatic heterocycles. The summed E-state index contributed by atoms with van der Waals surface area (Å²) in [6, 6.07) is -0.150. The molecule has 1 unspecified atom stereocenters. The van der Waals surface area contributed by atoms with Crippen molar-refractivity contribution in [3.8, 4) is 0 Å². The zero-order valence-electron chi connectivity index (χ0n) is 13.1. The summed E-state index contributed by atoms with van der Waals surface area (Å²) >= 11 is 0. The van der Waals surface area contributed by atoms with E-state index in [9.17, 15) is 14.7 Å². The van der Waals surface area contributed by atoms with Gasteiger partial charge in [0.05, 0.1) is 5.41 Å². The van der Waals surface area contributed by atoms with Crippen molar-refractivity contribution in [2.24, 2.45) is 11.3 Å². The molecule has 0 saturated carbocycles. The maximum absolute atomic E-state index is 12.4. The highest BCUT2D eigenvalue weighted by Gasteiger charge is 2.49. The summed E-state index contributed by atoms with van der Waals surface area (Å²) in [6.07, 6.45) is 2.11. The molecule has 2 aliphatic heterocycles. The molecule has 2 amide bonds. The van der Waals surface area contributed by atoms with Crippen molar-refractivity contribution in [3.05, 3.63) is 0 Å². The van der Waals surface area contributed by atoms with Crippen molar-refractivity contribution >= 4 is 12.0 Å². The largest absolute Gasteiger partial charge is 0.481 e. The molecule has 0 radical (unpaired) electrons. The van der Waals surface area contributed by atoms with Crippen molar-refractivity contribution in [1.82, 2.24) is 10.2 Å². The van der Waals surface area contributed by atoms with Crippen molar-refractivity contribution in [3.63, 3.8) is 0 Å². The van der Waals surface area contributed by atoms with Gasteiger partial charge in [-0.2, -0.15) is 0 Å². The van der Waals surface area contributed by atoms with Gasteiger partial charge in [0.25, 0.3) is 0 Å². The van der Waals surface area contributed by atoms with E-state index in [1.165, 1.54) is 0 Å². The molecular weight excluding hydrogens is 272 g/mol. The van der Waals surface area contributed by atoms with E-state index in [1.54, 1.807) is 4.90 Å². The van der Waals surface area contributed by atoms with Crippen molar-refractivity contribution in [1.29, 1.82) is 0 Å². The quantitative estimate of drug-likeness (QED) is 0.831. The number of hydrogen-bond donors (Lipinski definition) is 2. The van der Waals surface area contributed by atoms with Crippen molar-refractivity contribution in [2.75, 3.05) is 26.3 Å². The molecule has 1 atom stereocenters. The van der Waals surface area contributed by atoms with Gasteiger partial charge < -0.3 is 20.1 Å². The second-order valence-electron chi connectivity index (χ2n) is 6.89. The van der Waals surface area contributed by atoms with E-state index in [0.717, 1.165) is 12.8 Å². The van der Waals surface area contributed by atoms with E-state index < -0.39 is 11.4 Å². The zero-order valence-corrected chi connectivity index (χ0v) is 13.1. The molecule has 2 saturated heterocycles. The lowest BCUT2D eigenvalue weighted by molar-refractivity contribution is -0.150. The maximum Gasteiger partial charge on any atom is 0.317 e. The van der Waals surface area contributed by atoms with E-state index >= 15 is 0 Å². The van der Waals surface area contributed by atoms with E-state index in [1.807, 2.05) is 20.8 Å². The van der Waals surface area contributed by atoms with Crippen LogP contribution in [-0.2, 0) is 9.53 Å². The van der Waals surface area contributed by atoms with Gasteiger partial charge in [0.2, 0.25) is 0 Å². The zero-order chi connectivity index (χ0) is 15.7. The molecule has 0 aliphatic carbocycles. The van der Waals surface area contributed by atoms with E-state index in [2.05, 4.69) is 5.32 Å². The summed E-state index contributed by atoms with van der Waals surface area (Å²) in [6.45, 7) is 7.95. The number of nitrogens with one attached hydrogen (secondary N) is 1. The molecule has 0 spiro atoms. The van der Waals surface area contributed by atoms with Gasteiger partial charge in [0, 0.05) is 31.8 Å². The molecular formula is C15H26N2O4. The molecule has 21 heavy (non-hydrogen) atoms. The lowest BCUT2D eigenvalue weighted by atomic mass is 9.76. The minimum Gasteiger partial charge on any atom is -0.481 e. The summed E-state index contributed by atoms with van der Waals surface area (Å²) in [5.41, 5.74) is -1.06. The van der Waals surface area contributed by atoms with Crippen LogP contribution in [0.25, 0.3) is 0 Å². The number of amides is 2. The Bertz CT molecular complexity index is 418. The fraction of sp³-hybridized carbons (Fsp3) is 0.867. The van der Waals surface area contributed by atoms with E-state index in [4.69, 9.17) is 4.74 Å². The number of aliphatic carboxylic acids is 1. The highest BCUT2D eigenvalue weighted by Crippen LogP contribution is 2.38. The minimum absolute atomic E-state index is 0.00599. The average molecular weight is 298 g/mol. The van der Waals surface area contributed by atoms with Crippen LogP contribution in [0.1, 0.15) is 40.0 Å². The van der Waals surface area contributed by atoms with Gasteiger partial charge in [0.1, 0.15) is 0 Å². The van der Waals surface area contributed by atoms with Crippen LogP contribution in [0.15, 0.2) is 0 Å². The van der Waals surface area contributed by atoms with Crippen LogP contribution in [0.5, 0.6) is 0 Å². The van der Waals surface area contributed by atoms with Gasteiger partial charge in [-0.05, 0) is 32.1 Å². The predicted octanol–water partition coefficient (Wildman–Crippen LogP) is 1.70. The molecule has 0 aromatic carbocycles. The first-order valence-corrected chi connectivity index (χ1v) is 7.67. The highest BCUT2D eigenvalue weighted by atomic mass is 16.5. The molecule has 6 nitrogen and oxygen atoms in total. The molecule has 2 heterocycles. The Kier molecular flexibility index (Phi) is 4.46. The average Bonchev–Trinajstić information content (AvgIpc) is 2.85. The third-order valence-electron chi connectivity index (χ3n) is 5.12.